The summed E-state index contributed by atoms with van der Waals surface area (Å²) in [7, 11) is 1.62. The average Bonchev–Trinajstić information content (AvgIpc) is 2.80. The standard InChI is InChI=1S/C26H29NO3.ClH/c1-3-10-20-15-16-24(25(17-20)29-2)30-19-23(28)18-27-26(21-11-6-4-7-12-21)22-13-8-5-9-14-22;/h3-17,23,26-28H,18-19H2,1-2H3;1H/b10-3-;. The molecule has 0 radical (unpaired) electrons. The van der Waals surface area contributed by atoms with Crippen LogP contribution in [0.2, 0.25) is 0 Å². The summed E-state index contributed by atoms with van der Waals surface area (Å²) in [6.07, 6.45) is 3.30. The van der Waals surface area contributed by atoms with Crippen LogP contribution in [-0.4, -0.2) is 31.5 Å². The van der Waals surface area contributed by atoms with Crippen LogP contribution in [-0.2, 0) is 0 Å². The van der Waals surface area contributed by atoms with E-state index in [0.717, 1.165) is 16.7 Å². The molecule has 2 N–H and O–H groups in total. The maximum Gasteiger partial charge on any atom is 0.161 e. The molecule has 31 heavy (non-hydrogen) atoms. The molecule has 3 aromatic rings. The molecule has 5 heteroatoms. The lowest BCUT2D eigenvalue weighted by atomic mass is 9.98. The fraction of sp³-hybridized carbons (Fsp3) is 0.231. The zero-order chi connectivity index (χ0) is 21.2. The summed E-state index contributed by atoms with van der Waals surface area (Å²) in [6.45, 7) is 2.54. The Labute approximate surface area is 190 Å². The van der Waals surface area contributed by atoms with Crippen molar-refractivity contribution in [1.82, 2.24) is 5.32 Å². The van der Waals surface area contributed by atoms with E-state index in [0.29, 0.717) is 18.0 Å². The molecule has 1 unspecified atom stereocenters. The smallest absolute Gasteiger partial charge is 0.161 e. The number of halogens is 1. The Hall–Kier alpha value is -2.79. The summed E-state index contributed by atoms with van der Waals surface area (Å²) in [5, 5.41) is 14.0. The molecule has 0 amide bonds. The second kappa shape index (κ2) is 12.8. The van der Waals surface area contributed by atoms with Gasteiger partial charge in [-0.05, 0) is 35.7 Å². The van der Waals surface area contributed by atoms with Crippen molar-refractivity contribution in [3.63, 3.8) is 0 Å². The third-order valence-corrected chi connectivity index (χ3v) is 4.80. The van der Waals surface area contributed by atoms with Crippen LogP contribution >= 0.6 is 12.4 Å². The van der Waals surface area contributed by atoms with Crippen LogP contribution < -0.4 is 14.8 Å². The van der Waals surface area contributed by atoms with Crippen molar-refractivity contribution in [2.45, 2.75) is 19.1 Å². The normalized spacial score (nSPS) is 11.9. The molecule has 0 fully saturated rings. The maximum atomic E-state index is 10.5. The molecule has 164 valence electrons. The van der Waals surface area contributed by atoms with Crippen LogP contribution in [0.3, 0.4) is 0 Å². The van der Waals surface area contributed by atoms with Crippen molar-refractivity contribution >= 4 is 18.5 Å². The topological polar surface area (TPSA) is 50.7 Å². The number of aliphatic hydroxyl groups is 1. The molecule has 0 aliphatic rings. The highest BCUT2D eigenvalue weighted by atomic mass is 35.5. The van der Waals surface area contributed by atoms with Crippen molar-refractivity contribution in [2.24, 2.45) is 0 Å². The number of hydrogen-bond donors (Lipinski definition) is 2. The zero-order valence-corrected chi connectivity index (χ0v) is 18.7. The molecular formula is C26H30ClNO3. The van der Waals surface area contributed by atoms with Gasteiger partial charge in [-0.15, -0.1) is 12.4 Å². The number of allylic oxidation sites excluding steroid dienone is 1. The van der Waals surface area contributed by atoms with E-state index in [4.69, 9.17) is 9.47 Å². The highest BCUT2D eigenvalue weighted by molar-refractivity contribution is 5.85. The van der Waals surface area contributed by atoms with E-state index in [1.165, 1.54) is 0 Å². The number of benzene rings is 3. The van der Waals surface area contributed by atoms with Gasteiger partial charge in [-0.3, -0.25) is 0 Å². The van der Waals surface area contributed by atoms with Crippen LogP contribution in [0.25, 0.3) is 6.08 Å². The average molecular weight is 440 g/mol. The Bertz CT molecular complexity index is 892. The molecule has 0 saturated carbocycles. The summed E-state index contributed by atoms with van der Waals surface area (Å²) in [5.74, 6) is 1.27. The molecule has 0 aliphatic carbocycles. The summed E-state index contributed by atoms with van der Waals surface area (Å²) >= 11 is 0. The molecule has 0 aliphatic heterocycles. The fourth-order valence-corrected chi connectivity index (χ4v) is 3.32. The third-order valence-electron chi connectivity index (χ3n) is 4.80. The van der Waals surface area contributed by atoms with Gasteiger partial charge >= 0.3 is 0 Å². The molecule has 1 atom stereocenters. The van der Waals surface area contributed by atoms with Crippen molar-refractivity contribution in [2.75, 3.05) is 20.3 Å². The number of hydrogen-bond acceptors (Lipinski definition) is 4. The molecule has 3 rings (SSSR count). The summed E-state index contributed by atoms with van der Waals surface area (Å²) in [6, 6.07) is 26.2. The minimum absolute atomic E-state index is 0. The summed E-state index contributed by atoms with van der Waals surface area (Å²) in [5.41, 5.74) is 3.34. The molecule has 0 saturated heterocycles. The van der Waals surface area contributed by atoms with Gasteiger partial charge in [0.05, 0.1) is 13.2 Å². The first-order valence-electron chi connectivity index (χ1n) is 10.2. The van der Waals surface area contributed by atoms with E-state index in [-0.39, 0.29) is 25.1 Å². The molecule has 4 nitrogen and oxygen atoms in total. The Morgan fingerprint density at radius 2 is 1.52 bits per heavy atom. The van der Waals surface area contributed by atoms with Gasteiger partial charge in [-0.1, -0.05) is 78.9 Å². The second-order valence-electron chi connectivity index (χ2n) is 7.04. The van der Waals surface area contributed by atoms with Gasteiger partial charge in [-0.25, -0.2) is 0 Å². The quantitative estimate of drug-likeness (QED) is 0.452. The lowest BCUT2D eigenvalue weighted by Gasteiger charge is -2.22. The van der Waals surface area contributed by atoms with Crippen LogP contribution in [0.1, 0.15) is 29.7 Å². The first-order chi connectivity index (χ1) is 14.7. The number of ether oxygens (including phenoxy) is 2. The largest absolute Gasteiger partial charge is 0.493 e. The molecule has 0 bridgehead atoms. The van der Waals surface area contributed by atoms with Crippen LogP contribution in [0, 0.1) is 0 Å². The van der Waals surface area contributed by atoms with Crippen LogP contribution in [0.15, 0.2) is 84.9 Å². The zero-order valence-electron chi connectivity index (χ0n) is 17.9. The predicted octanol–water partition coefficient (Wildman–Crippen LogP) is 5.27. The lowest BCUT2D eigenvalue weighted by molar-refractivity contribution is 0.103. The first-order valence-corrected chi connectivity index (χ1v) is 10.2. The van der Waals surface area contributed by atoms with Gasteiger partial charge in [0.25, 0.3) is 0 Å². The second-order valence-corrected chi connectivity index (χ2v) is 7.04. The lowest BCUT2D eigenvalue weighted by Crippen LogP contribution is -2.34. The van der Waals surface area contributed by atoms with E-state index in [1.807, 2.05) is 73.7 Å². The summed E-state index contributed by atoms with van der Waals surface area (Å²) < 4.78 is 11.2. The third kappa shape index (κ3) is 7.14. The Kier molecular flexibility index (Phi) is 10.1. The van der Waals surface area contributed by atoms with Crippen molar-refractivity contribution in [1.29, 1.82) is 0 Å². The van der Waals surface area contributed by atoms with E-state index < -0.39 is 6.10 Å². The minimum atomic E-state index is -0.667. The SMILES string of the molecule is C/C=C\c1ccc(OCC(O)CNC(c2ccccc2)c2ccccc2)c(OC)c1.Cl. The van der Waals surface area contributed by atoms with Crippen molar-refractivity contribution in [3.8, 4) is 11.5 Å². The predicted molar refractivity (Wildman–Crippen MR) is 129 cm³/mol. The van der Waals surface area contributed by atoms with Crippen molar-refractivity contribution in [3.05, 3.63) is 102 Å². The highest BCUT2D eigenvalue weighted by Gasteiger charge is 2.16. The van der Waals surface area contributed by atoms with Crippen LogP contribution in [0.4, 0.5) is 0 Å². The minimum Gasteiger partial charge on any atom is -0.493 e. The van der Waals surface area contributed by atoms with Crippen LogP contribution in [0.5, 0.6) is 11.5 Å². The molecule has 0 heterocycles. The fourth-order valence-electron chi connectivity index (χ4n) is 3.32. The molecule has 0 spiro atoms. The Morgan fingerprint density at radius 1 is 0.903 bits per heavy atom. The highest BCUT2D eigenvalue weighted by Crippen LogP contribution is 2.29. The maximum absolute atomic E-state index is 10.5. The van der Waals surface area contributed by atoms with Gasteiger partial charge < -0.3 is 19.9 Å². The Balaban J connectivity index is 0.00000341. The first kappa shape index (κ1) is 24.5. The Morgan fingerprint density at radius 3 is 2.06 bits per heavy atom. The monoisotopic (exact) mass is 439 g/mol. The molecular weight excluding hydrogens is 410 g/mol. The number of aliphatic hydroxyl groups excluding tert-OH is 1. The van der Waals surface area contributed by atoms with Gasteiger partial charge in [0.2, 0.25) is 0 Å². The number of rotatable bonds is 10. The number of nitrogens with one attached hydrogen (secondary N) is 1. The van der Waals surface area contributed by atoms with E-state index >= 15 is 0 Å². The van der Waals surface area contributed by atoms with Gasteiger partial charge in [0.15, 0.2) is 11.5 Å². The van der Waals surface area contributed by atoms with Crippen molar-refractivity contribution < 1.29 is 14.6 Å². The summed E-state index contributed by atoms with van der Waals surface area (Å²) in [4.78, 5) is 0. The van der Waals surface area contributed by atoms with Gasteiger partial charge in [-0.2, -0.15) is 0 Å². The van der Waals surface area contributed by atoms with E-state index in [9.17, 15) is 5.11 Å². The molecule has 0 aromatic heterocycles. The van der Waals surface area contributed by atoms with E-state index in [1.54, 1.807) is 7.11 Å². The van der Waals surface area contributed by atoms with Gasteiger partial charge in [0, 0.05) is 6.54 Å². The van der Waals surface area contributed by atoms with Gasteiger partial charge in [0.1, 0.15) is 12.7 Å². The van der Waals surface area contributed by atoms with E-state index in [2.05, 4.69) is 29.6 Å². The number of methoxy groups -OCH3 is 1. The molecule has 3 aromatic carbocycles.